The lowest BCUT2D eigenvalue weighted by Crippen LogP contribution is -2.49. The van der Waals surface area contributed by atoms with Gasteiger partial charge in [0.25, 0.3) is 0 Å². The Kier molecular flexibility index (Phi) is 5.03. The first-order valence-corrected chi connectivity index (χ1v) is 7.03. The van der Waals surface area contributed by atoms with Crippen molar-refractivity contribution < 1.29 is 20.1 Å². The Bertz CT molecular complexity index is 359. The van der Waals surface area contributed by atoms with Crippen molar-refractivity contribution in [2.24, 2.45) is 0 Å². The van der Waals surface area contributed by atoms with Crippen molar-refractivity contribution >= 4 is 11.8 Å². The molecule has 5 heteroatoms. The second-order valence-electron chi connectivity index (χ2n) is 4.38. The number of rotatable bonds is 4. The maximum atomic E-state index is 9.69. The summed E-state index contributed by atoms with van der Waals surface area (Å²) in [6.45, 7) is -0.277. The van der Waals surface area contributed by atoms with Crippen LogP contribution in [0.4, 0.5) is 0 Å². The molecule has 3 N–H and O–H groups in total. The molecule has 0 spiro atoms. The van der Waals surface area contributed by atoms with E-state index in [0.717, 1.165) is 5.75 Å². The molecule has 4 nitrogen and oxygen atoms in total. The van der Waals surface area contributed by atoms with Crippen LogP contribution >= 0.6 is 11.8 Å². The number of hydrogen-bond acceptors (Lipinski definition) is 5. The monoisotopic (exact) mass is 270 g/mol. The van der Waals surface area contributed by atoms with Crippen molar-refractivity contribution in [3.05, 3.63) is 35.9 Å². The molecule has 1 saturated heterocycles. The molecule has 0 saturated carbocycles. The van der Waals surface area contributed by atoms with Crippen LogP contribution in [-0.4, -0.2) is 45.7 Å². The molecule has 100 valence electrons. The van der Waals surface area contributed by atoms with Crippen molar-refractivity contribution in [2.45, 2.75) is 35.9 Å². The summed E-state index contributed by atoms with van der Waals surface area (Å²) in [5.74, 6) is 0.784. The molecule has 0 bridgehead atoms. The predicted octanol–water partition coefficient (Wildman–Crippen LogP) is 0.749. The summed E-state index contributed by atoms with van der Waals surface area (Å²) in [6.07, 6.45) is -2.13. The van der Waals surface area contributed by atoms with Crippen LogP contribution in [0.2, 0.25) is 0 Å². The van der Waals surface area contributed by atoms with Crippen molar-refractivity contribution in [3.63, 3.8) is 0 Å². The Labute approximate surface area is 111 Å². The molecule has 4 atom stereocenters. The lowest BCUT2D eigenvalue weighted by Gasteiger charge is -2.36. The van der Waals surface area contributed by atoms with Gasteiger partial charge in [-0.05, 0) is 5.56 Å². The van der Waals surface area contributed by atoms with E-state index in [2.05, 4.69) is 0 Å². The molecule has 4 unspecified atom stereocenters. The van der Waals surface area contributed by atoms with Crippen LogP contribution < -0.4 is 0 Å². The number of benzene rings is 1. The van der Waals surface area contributed by atoms with Crippen molar-refractivity contribution in [1.82, 2.24) is 0 Å². The highest BCUT2D eigenvalue weighted by atomic mass is 32.2. The zero-order valence-electron chi connectivity index (χ0n) is 9.98. The van der Waals surface area contributed by atoms with Gasteiger partial charge >= 0.3 is 0 Å². The Morgan fingerprint density at radius 1 is 1.22 bits per heavy atom. The average Bonchev–Trinajstić information content (AvgIpc) is 2.41. The lowest BCUT2D eigenvalue weighted by atomic mass is 10.0. The Morgan fingerprint density at radius 2 is 1.94 bits per heavy atom. The smallest absolute Gasteiger partial charge is 0.110 e. The number of aliphatic hydroxyl groups is 3. The van der Waals surface area contributed by atoms with Crippen LogP contribution in [0.15, 0.2) is 30.3 Å². The fourth-order valence-corrected chi connectivity index (χ4v) is 3.06. The summed E-state index contributed by atoms with van der Waals surface area (Å²) in [5.41, 5.74) is 0.994. The fourth-order valence-electron chi connectivity index (χ4n) is 1.94. The highest BCUT2D eigenvalue weighted by molar-refractivity contribution is 7.99. The summed E-state index contributed by atoms with van der Waals surface area (Å²) in [7, 11) is 0. The summed E-state index contributed by atoms with van der Waals surface area (Å²) in [6, 6.07) is 9.99. The molecule has 1 aliphatic heterocycles. The Hall–Kier alpha value is -0.590. The van der Waals surface area contributed by atoms with Crippen LogP contribution in [0.25, 0.3) is 0 Å². The van der Waals surface area contributed by atoms with E-state index >= 15 is 0 Å². The molecule has 2 rings (SSSR count). The second-order valence-corrected chi connectivity index (χ2v) is 5.52. The van der Waals surface area contributed by atoms with E-state index in [9.17, 15) is 10.2 Å². The van der Waals surface area contributed by atoms with Gasteiger partial charge in [-0.3, -0.25) is 0 Å². The zero-order valence-corrected chi connectivity index (χ0v) is 10.8. The second kappa shape index (κ2) is 6.54. The molecule has 1 aliphatic rings. The third-order valence-electron chi connectivity index (χ3n) is 2.99. The van der Waals surface area contributed by atoms with E-state index in [1.165, 1.54) is 5.56 Å². The summed E-state index contributed by atoms with van der Waals surface area (Å²) in [5, 5.41) is 28.4. The first kappa shape index (κ1) is 13.8. The molecule has 1 fully saturated rings. The number of ether oxygens (including phenoxy) is 1. The third-order valence-corrected chi connectivity index (χ3v) is 4.17. The molecule has 1 aromatic carbocycles. The highest BCUT2D eigenvalue weighted by Gasteiger charge is 2.36. The van der Waals surface area contributed by atoms with Crippen molar-refractivity contribution in [1.29, 1.82) is 0 Å². The van der Waals surface area contributed by atoms with Gasteiger partial charge in [0.1, 0.15) is 17.6 Å². The van der Waals surface area contributed by atoms with Crippen LogP contribution in [0, 0.1) is 0 Å². The summed E-state index contributed by atoms with van der Waals surface area (Å²) in [4.78, 5) is 0. The molecule has 0 aliphatic carbocycles. The molecule has 0 radical (unpaired) electrons. The third kappa shape index (κ3) is 3.46. The Morgan fingerprint density at radius 3 is 2.61 bits per heavy atom. The van der Waals surface area contributed by atoms with Gasteiger partial charge in [0, 0.05) is 12.2 Å². The average molecular weight is 270 g/mol. The van der Waals surface area contributed by atoms with Crippen molar-refractivity contribution in [3.8, 4) is 0 Å². The van der Waals surface area contributed by atoms with Gasteiger partial charge in [0.15, 0.2) is 0 Å². The molecule has 1 aromatic rings. The number of aliphatic hydroxyl groups excluding tert-OH is 3. The normalized spacial score (nSPS) is 32.4. The number of thioether (sulfide) groups is 1. The minimum Gasteiger partial charge on any atom is -0.394 e. The van der Waals surface area contributed by atoms with E-state index in [0.29, 0.717) is 6.42 Å². The van der Waals surface area contributed by atoms with Crippen LogP contribution in [-0.2, 0) is 10.5 Å². The standard InChI is InChI=1S/C13H18O4S/c14-7-11-13(16)10(15)6-12(17-11)18-8-9-4-2-1-3-5-9/h1-5,10-16H,6-8H2. The summed E-state index contributed by atoms with van der Waals surface area (Å²) < 4.78 is 5.54. The SMILES string of the molecule is OCC1OC(SCc2ccccc2)CC(O)C1O. The Balaban J connectivity index is 1.86. The first-order chi connectivity index (χ1) is 8.70. The van der Waals surface area contributed by atoms with Gasteiger partial charge in [0.05, 0.1) is 12.7 Å². The van der Waals surface area contributed by atoms with E-state index in [1.54, 1.807) is 11.8 Å². The van der Waals surface area contributed by atoms with Gasteiger partial charge in [0.2, 0.25) is 0 Å². The van der Waals surface area contributed by atoms with Crippen LogP contribution in [0.1, 0.15) is 12.0 Å². The van der Waals surface area contributed by atoms with E-state index < -0.39 is 18.3 Å². The van der Waals surface area contributed by atoms with Crippen LogP contribution in [0.3, 0.4) is 0 Å². The molecule has 1 heterocycles. The topological polar surface area (TPSA) is 69.9 Å². The largest absolute Gasteiger partial charge is 0.394 e. The van der Waals surface area contributed by atoms with Crippen molar-refractivity contribution in [2.75, 3.05) is 6.61 Å². The van der Waals surface area contributed by atoms with Gasteiger partial charge in [-0.25, -0.2) is 0 Å². The van der Waals surface area contributed by atoms with E-state index in [1.807, 2.05) is 30.3 Å². The molecular formula is C13H18O4S. The van der Waals surface area contributed by atoms with Crippen LogP contribution in [0.5, 0.6) is 0 Å². The highest BCUT2D eigenvalue weighted by Crippen LogP contribution is 2.29. The first-order valence-electron chi connectivity index (χ1n) is 5.98. The van der Waals surface area contributed by atoms with E-state index in [-0.39, 0.29) is 12.0 Å². The van der Waals surface area contributed by atoms with Gasteiger partial charge in [-0.15, -0.1) is 11.8 Å². The molecule has 0 aromatic heterocycles. The van der Waals surface area contributed by atoms with Gasteiger partial charge in [-0.1, -0.05) is 30.3 Å². The van der Waals surface area contributed by atoms with Gasteiger partial charge in [-0.2, -0.15) is 0 Å². The molecule has 0 amide bonds. The lowest BCUT2D eigenvalue weighted by molar-refractivity contribution is -0.157. The minimum absolute atomic E-state index is 0.194. The minimum atomic E-state index is -0.997. The zero-order chi connectivity index (χ0) is 13.0. The van der Waals surface area contributed by atoms with E-state index in [4.69, 9.17) is 9.84 Å². The maximum absolute atomic E-state index is 9.69. The van der Waals surface area contributed by atoms with Gasteiger partial charge < -0.3 is 20.1 Å². The maximum Gasteiger partial charge on any atom is 0.110 e. The summed E-state index contributed by atoms with van der Waals surface area (Å²) >= 11 is 1.57. The predicted molar refractivity (Wildman–Crippen MR) is 70.1 cm³/mol. The fraction of sp³-hybridized carbons (Fsp3) is 0.538. The number of hydrogen-bond donors (Lipinski definition) is 3. The molecule has 18 heavy (non-hydrogen) atoms. The molecular weight excluding hydrogens is 252 g/mol. The quantitative estimate of drug-likeness (QED) is 0.753.